The van der Waals surface area contributed by atoms with Gasteiger partial charge in [0.15, 0.2) is 0 Å². The summed E-state index contributed by atoms with van der Waals surface area (Å²) >= 11 is 0. The summed E-state index contributed by atoms with van der Waals surface area (Å²) in [6, 6.07) is 9.22. The highest BCUT2D eigenvalue weighted by atomic mass is 16.4. The monoisotopic (exact) mass is 172 g/mol. The normalized spacial score (nSPS) is 10.7. The SMILES string of the molecule is N#CC=Cc1cccc(C=NO)c1. The number of benzene rings is 1. The zero-order valence-electron chi connectivity index (χ0n) is 6.88. The Morgan fingerprint density at radius 2 is 2.15 bits per heavy atom. The number of rotatable bonds is 2. The minimum atomic E-state index is 0.794. The van der Waals surface area contributed by atoms with Gasteiger partial charge in [0.1, 0.15) is 0 Å². The van der Waals surface area contributed by atoms with Crippen molar-refractivity contribution in [1.82, 2.24) is 0 Å². The Morgan fingerprint density at radius 1 is 1.38 bits per heavy atom. The molecule has 0 aliphatic rings. The second-order valence-corrected chi connectivity index (χ2v) is 2.38. The predicted molar refractivity (Wildman–Crippen MR) is 50.5 cm³/mol. The molecular weight excluding hydrogens is 164 g/mol. The van der Waals surface area contributed by atoms with Gasteiger partial charge in [-0.3, -0.25) is 0 Å². The Morgan fingerprint density at radius 3 is 2.85 bits per heavy atom. The van der Waals surface area contributed by atoms with E-state index in [-0.39, 0.29) is 0 Å². The number of oxime groups is 1. The molecule has 1 rings (SSSR count). The molecule has 0 saturated heterocycles. The van der Waals surface area contributed by atoms with Crippen LogP contribution in [0.5, 0.6) is 0 Å². The van der Waals surface area contributed by atoms with Crippen LogP contribution in [0, 0.1) is 11.3 Å². The summed E-state index contributed by atoms with van der Waals surface area (Å²) in [7, 11) is 0. The van der Waals surface area contributed by atoms with E-state index in [0.29, 0.717) is 0 Å². The fourth-order valence-electron chi connectivity index (χ4n) is 0.943. The highest BCUT2D eigenvalue weighted by Gasteiger charge is 1.89. The van der Waals surface area contributed by atoms with Crippen molar-refractivity contribution in [2.75, 3.05) is 0 Å². The van der Waals surface area contributed by atoms with Crippen LogP contribution >= 0.6 is 0 Å². The molecule has 0 atom stereocenters. The summed E-state index contributed by atoms with van der Waals surface area (Å²) in [6.07, 6.45) is 4.42. The standard InChI is InChI=1S/C10H8N2O/c11-6-2-5-9-3-1-4-10(7-9)8-12-13/h1-5,7-8,13H. The van der Waals surface area contributed by atoms with Crippen LogP contribution in [0.3, 0.4) is 0 Å². The Bertz CT molecular complexity index is 375. The lowest BCUT2D eigenvalue weighted by molar-refractivity contribution is 0.322. The molecule has 0 saturated carbocycles. The van der Waals surface area contributed by atoms with Gasteiger partial charge in [-0.1, -0.05) is 23.4 Å². The van der Waals surface area contributed by atoms with E-state index in [1.807, 2.05) is 30.3 Å². The first-order valence-corrected chi connectivity index (χ1v) is 3.70. The minimum Gasteiger partial charge on any atom is -0.411 e. The van der Waals surface area contributed by atoms with E-state index in [1.165, 1.54) is 12.3 Å². The Kier molecular flexibility index (Phi) is 3.28. The van der Waals surface area contributed by atoms with E-state index in [2.05, 4.69) is 5.16 Å². The quantitative estimate of drug-likeness (QED) is 0.321. The van der Waals surface area contributed by atoms with Crippen molar-refractivity contribution in [3.05, 3.63) is 41.5 Å². The molecule has 0 aliphatic carbocycles. The van der Waals surface area contributed by atoms with E-state index in [0.717, 1.165) is 11.1 Å². The molecule has 0 unspecified atom stereocenters. The summed E-state index contributed by atoms with van der Waals surface area (Å²) < 4.78 is 0. The van der Waals surface area contributed by atoms with Crippen molar-refractivity contribution in [1.29, 1.82) is 5.26 Å². The molecule has 13 heavy (non-hydrogen) atoms. The number of hydrogen-bond acceptors (Lipinski definition) is 3. The van der Waals surface area contributed by atoms with Crippen molar-refractivity contribution in [3.8, 4) is 6.07 Å². The molecule has 64 valence electrons. The van der Waals surface area contributed by atoms with Crippen molar-refractivity contribution in [3.63, 3.8) is 0 Å². The molecule has 3 nitrogen and oxygen atoms in total. The highest BCUT2D eigenvalue weighted by molar-refractivity contribution is 5.80. The van der Waals surface area contributed by atoms with Gasteiger partial charge in [-0.2, -0.15) is 5.26 Å². The third-order valence-corrected chi connectivity index (χ3v) is 1.47. The van der Waals surface area contributed by atoms with Crippen LogP contribution in [0.25, 0.3) is 6.08 Å². The molecule has 0 radical (unpaired) electrons. The van der Waals surface area contributed by atoms with Gasteiger partial charge in [0.05, 0.1) is 12.3 Å². The van der Waals surface area contributed by atoms with Gasteiger partial charge in [0.2, 0.25) is 0 Å². The summed E-state index contributed by atoms with van der Waals surface area (Å²) in [5.74, 6) is 0. The third kappa shape index (κ3) is 2.80. The lowest BCUT2D eigenvalue weighted by Gasteiger charge is -1.93. The van der Waals surface area contributed by atoms with Crippen molar-refractivity contribution in [2.45, 2.75) is 0 Å². The minimum absolute atomic E-state index is 0.794. The largest absolute Gasteiger partial charge is 0.411 e. The predicted octanol–water partition coefficient (Wildman–Crippen LogP) is 2.03. The van der Waals surface area contributed by atoms with Gasteiger partial charge in [-0.15, -0.1) is 0 Å². The van der Waals surface area contributed by atoms with Crippen LogP contribution in [-0.4, -0.2) is 11.4 Å². The third-order valence-electron chi connectivity index (χ3n) is 1.47. The maximum atomic E-state index is 8.30. The molecule has 1 aromatic carbocycles. The molecule has 0 spiro atoms. The van der Waals surface area contributed by atoms with E-state index in [9.17, 15) is 0 Å². The molecule has 0 heterocycles. The van der Waals surface area contributed by atoms with Crippen molar-refractivity contribution in [2.24, 2.45) is 5.16 Å². The maximum Gasteiger partial charge on any atom is 0.0912 e. The van der Waals surface area contributed by atoms with Gasteiger partial charge < -0.3 is 5.21 Å². The Hall–Kier alpha value is -2.08. The first-order chi connectivity index (χ1) is 6.36. The highest BCUT2D eigenvalue weighted by Crippen LogP contribution is 2.04. The molecule has 0 amide bonds. The summed E-state index contributed by atoms with van der Waals surface area (Å²) in [5.41, 5.74) is 1.70. The molecule has 1 aromatic rings. The van der Waals surface area contributed by atoms with Crippen LogP contribution in [0.15, 0.2) is 35.5 Å². The van der Waals surface area contributed by atoms with E-state index >= 15 is 0 Å². The van der Waals surface area contributed by atoms with Crippen molar-refractivity contribution >= 4 is 12.3 Å². The van der Waals surface area contributed by atoms with Crippen LogP contribution in [-0.2, 0) is 0 Å². The van der Waals surface area contributed by atoms with Crippen LogP contribution in [0.1, 0.15) is 11.1 Å². The lowest BCUT2D eigenvalue weighted by Crippen LogP contribution is -1.81. The van der Waals surface area contributed by atoms with E-state index in [1.54, 1.807) is 6.08 Å². The van der Waals surface area contributed by atoms with Gasteiger partial charge in [-0.05, 0) is 23.3 Å². The second-order valence-electron chi connectivity index (χ2n) is 2.38. The first kappa shape index (κ1) is 9.01. The van der Waals surface area contributed by atoms with Crippen LogP contribution in [0.4, 0.5) is 0 Å². The summed E-state index contributed by atoms with van der Waals surface area (Å²) in [5, 5.41) is 19.5. The van der Waals surface area contributed by atoms with Gasteiger partial charge in [-0.25, -0.2) is 0 Å². The van der Waals surface area contributed by atoms with Gasteiger partial charge >= 0.3 is 0 Å². The maximum absolute atomic E-state index is 8.30. The molecule has 0 aromatic heterocycles. The average molecular weight is 172 g/mol. The van der Waals surface area contributed by atoms with Crippen LogP contribution in [0.2, 0.25) is 0 Å². The smallest absolute Gasteiger partial charge is 0.0912 e. The second kappa shape index (κ2) is 4.73. The Labute approximate surface area is 76.2 Å². The molecule has 0 aliphatic heterocycles. The fourth-order valence-corrected chi connectivity index (χ4v) is 0.943. The number of allylic oxidation sites excluding steroid dienone is 1. The number of hydrogen-bond donors (Lipinski definition) is 1. The Balaban J connectivity index is 2.93. The van der Waals surface area contributed by atoms with E-state index in [4.69, 9.17) is 10.5 Å². The summed E-state index contributed by atoms with van der Waals surface area (Å²) in [6.45, 7) is 0. The number of nitriles is 1. The molecule has 3 heteroatoms. The zero-order valence-corrected chi connectivity index (χ0v) is 6.88. The molecule has 1 N–H and O–H groups in total. The van der Waals surface area contributed by atoms with Crippen molar-refractivity contribution < 1.29 is 5.21 Å². The van der Waals surface area contributed by atoms with Crippen LogP contribution < -0.4 is 0 Å². The zero-order chi connectivity index (χ0) is 9.52. The fraction of sp³-hybridized carbons (Fsp3) is 0. The first-order valence-electron chi connectivity index (χ1n) is 3.70. The molecular formula is C10H8N2O. The molecule has 0 fully saturated rings. The molecule has 0 bridgehead atoms. The lowest BCUT2D eigenvalue weighted by atomic mass is 10.1. The topological polar surface area (TPSA) is 56.4 Å². The van der Waals surface area contributed by atoms with Gasteiger partial charge in [0, 0.05) is 6.08 Å². The summed E-state index contributed by atoms with van der Waals surface area (Å²) in [4.78, 5) is 0. The average Bonchev–Trinajstić information content (AvgIpc) is 2.16. The van der Waals surface area contributed by atoms with E-state index < -0.39 is 0 Å². The van der Waals surface area contributed by atoms with Gasteiger partial charge in [0.25, 0.3) is 0 Å². The number of nitrogens with zero attached hydrogens (tertiary/aromatic N) is 2.